The zero-order valence-corrected chi connectivity index (χ0v) is 9.36. The summed E-state index contributed by atoms with van der Waals surface area (Å²) in [6.45, 7) is 3.05. The lowest BCUT2D eigenvalue weighted by Crippen LogP contribution is -2.11. The molecule has 0 rings (SSSR count). The van der Waals surface area contributed by atoms with Gasteiger partial charge < -0.3 is 19.2 Å². The maximum Gasteiger partial charge on any atom is 0.274 e. The van der Waals surface area contributed by atoms with Crippen LogP contribution in [0.2, 0.25) is 0 Å². The molecular weight excluding hydrogens is 234 g/mol. The first-order valence-corrected chi connectivity index (χ1v) is 6.42. The lowest BCUT2D eigenvalue weighted by Gasteiger charge is -2.26. The van der Waals surface area contributed by atoms with Gasteiger partial charge in [0.2, 0.25) is 0 Å². The summed E-state index contributed by atoms with van der Waals surface area (Å²) in [5, 5.41) is 0. The van der Waals surface area contributed by atoms with Gasteiger partial charge in [0.25, 0.3) is 15.6 Å². The molecule has 0 aromatic heterocycles. The third-order valence-electron chi connectivity index (χ3n) is 0.927. The fourth-order valence-electron chi connectivity index (χ4n) is 0.445. The van der Waals surface area contributed by atoms with Gasteiger partial charge in [0.1, 0.15) is 0 Å². The zero-order chi connectivity index (χ0) is 11.4. The number of hydrogen-bond donors (Lipinski definition) is 1. The summed E-state index contributed by atoms with van der Waals surface area (Å²) in [6.07, 6.45) is 1.40. The van der Waals surface area contributed by atoms with Crippen molar-refractivity contribution in [3.63, 3.8) is 0 Å². The monoisotopic (exact) mass is 244 g/mol. The Hall–Kier alpha value is -0.0000000000000000416. The summed E-state index contributed by atoms with van der Waals surface area (Å²) in [6, 6.07) is 0. The van der Waals surface area contributed by atoms with Crippen molar-refractivity contribution in [3.05, 3.63) is 11.6 Å². The van der Waals surface area contributed by atoms with Gasteiger partial charge in [-0.3, -0.25) is 9.13 Å². The first-order chi connectivity index (χ1) is 6.12. The molecule has 2 unspecified atom stereocenters. The van der Waals surface area contributed by atoms with Crippen molar-refractivity contribution in [2.75, 3.05) is 6.61 Å². The molecule has 84 valence electrons. The van der Waals surface area contributed by atoms with Gasteiger partial charge >= 0.3 is 0 Å². The molecule has 0 saturated heterocycles. The molecular formula is C5H10O7P2-2. The molecule has 0 aromatic carbocycles. The minimum atomic E-state index is -5.32. The van der Waals surface area contributed by atoms with Crippen molar-refractivity contribution in [1.29, 1.82) is 0 Å². The molecule has 0 aliphatic rings. The zero-order valence-electron chi connectivity index (χ0n) is 7.58. The molecule has 9 heteroatoms. The van der Waals surface area contributed by atoms with Crippen LogP contribution in [0, 0.1) is 0 Å². The Labute approximate surface area is 81.2 Å². The second-order valence-electron chi connectivity index (χ2n) is 2.57. The van der Waals surface area contributed by atoms with Crippen LogP contribution >= 0.6 is 15.6 Å². The van der Waals surface area contributed by atoms with E-state index in [9.17, 15) is 18.9 Å². The predicted octanol–water partition coefficient (Wildman–Crippen LogP) is -0.0851. The van der Waals surface area contributed by atoms with E-state index in [0.29, 0.717) is 0 Å². The van der Waals surface area contributed by atoms with E-state index in [4.69, 9.17) is 4.89 Å². The standard InChI is InChI=1S/C5H12O7P2/c1-5(2)3-4-11-14(9,10)12-13(6,7)8/h3H,4H2,1-2H3,(H,9,10)(H2,6,7,8)/p-2. The summed E-state index contributed by atoms with van der Waals surface area (Å²) in [5.41, 5.74) is 0.791. The van der Waals surface area contributed by atoms with Crippen LogP contribution in [0.3, 0.4) is 0 Å². The van der Waals surface area contributed by atoms with Crippen LogP contribution in [-0.4, -0.2) is 11.5 Å². The van der Waals surface area contributed by atoms with Crippen LogP contribution in [0.4, 0.5) is 0 Å². The number of hydrogen-bond acceptors (Lipinski definition) is 6. The highest BCUT2D eigenvalue weighted by Crippen LogP contribution is 2.52. The molecule has 0 aromatic rings. The average molecular weight is 244 g/mol. The van der Waals surface area contributed by atoms with E-state index in [1.165, 1.54) is 6.08 Å². The molecule has 0 spiro atoms. The highest BCUT2D eigenvalue weighted by Gasteiger charge is 2.15. The molecule has 0 aliphatic carbocycles. The number of phosphoric acid groups is 2. The van der Waals surface area contributed by atoms with Crippen LogP contribution in [0.1, 0.15) is 13.8 Å². The predicted molar refractivity (Wildman–Crippen MR) is 43.9 cm³/mol. The van der Waals surface area contributed by atoms with Crippen molar-refractivity contribution in [2.24, 2.45) is 0 Å². The molecule has 0 radical (unpaired) electrons. The van der Waals surface area contributed by atoms with Gasteiger partial charge in [-0.15, -0.1) is 0 Å². The lowest BCUT2D eigenvalue weighted by atomic mass is 10.3. The summed E-state index contributed by atoms with van der Waals surface area (Å²) < 4.78 is 28.1. The van der Waals surface area contributed by atoms with Crippen LogP contribution < -0.4 is 9.79 Å². The summed E-state index contributed by atoms with van der Waals surface area (Å²) in [4.78, 5) is 28.8. The van der Waals surface area contributed by atoms with Crippen LogP contribution in [0.25, 0.3) is 0 Å². The van der Waals surface area contributed by atoms with Crippen molar-refractivity contribution >= 4 is 15.6 Å². The molecule has 0 aliphatic heterocycles. The number of phosphoric ester groups is 1. The van der Waals surface area contributed by atoms with Gasteiger partial charge in [0.05, 0.1) is 6.61 Å². The maximum atomic E-state index is 10.6. The van der Waals surface area contributed by atoms with E-state index >= 15 is 0 Å². The van der Waals surface area contributed by atoms with Gasteiger partial charge in [-0.05, 0) is 13.8 Å². The van der Waals surface area contributed by atoms with E-state index in [0.717, 1.165) is 5.57 Å². The number of rotatable bonds is 5. The summed E-state index contributed by atoms with van der Waals surface area (Å²) in [7, 11) is -10.3. The Balaban J connectivity index is 4.17. The van der Waals surface area contributed by atoms with E-state index in [1.807, 2.05) is 0 Å². The fraction of sp³-hybridized carbons (Fsp3) is 0.600. The van der Waals surface area contributed by atoms with Crippen LogP contribution in [-0.2, 0) is 18.0 Å². The minimum Gasteiger partial charge on any atom is -0.756 e. The second kappa shape index (κ2) is 5.19. The van der Waals surface area contributed by atoms with Gasteiger partial charge in [0, 0.05) is 0 Å². The quantitative estimate of drug-likeness (QED) is 0.530. The normalized spacial score (nSPS) is 19.5. The average Bonchev–Trinajstić information content (AvgIpc) is 1.78. The van der Waals surface area contributed by atoms with Gasteiger partial charge in [-0.2, -0.15) is 0 Å². The molecule has 1 N–H and O–H groups in total. The lowest BCUT2D eigenvalue weighted by molar-refractivity contribution is -0.240. The van der Waals surface area contributed by atoms with Crippen LogP contribution in [0.15, 0.2) is 11.6 Å². The smallest absolute Gasteiger partial charge is 0.274 e. The van der Waals surface area contributed by atoms with E-state index in [2.05, 4.69) is 8.83 Å². The molecule has 7 nitrogen and oxygen atoms in total. The first kappa shape index (κ1) is 14.0. The second-order valence-corrected chi connectivity index (χ2v) is 5.32. The highest BCUT2D eigenvalue weighted by atomic mass is 31.3. The van der Waals surface area contributed by atoms with Crippen molar-refractivity contribution < 1.29 is 32.6 Å². The Bertz CT molecular complexity index is 299. The largest absolute Gasteiger partial charge is 0.756 e. The SMILES string of the molecule is CC(C)=CCOP(=O)([O-])OP(=O)([O-])O. The Kier molecular flexibility index (Phi) is 5.19. The Morgan fingerprint density at radius 1 is 1.43 bits per heavy atom. The van der Waals surface area contributed by atoms with Crippen molar-refractivity contribution in [2.45, 2.75) is 13.8 Å². The topological polar surface area (TPSA) is 119 Å². The Morgan fingerprint density at radius 3 is 2.29 bits per heavy atom. The first-order valence-electron chi connectivity index (χ1n) is 3.46. The van der Waals surface area contributed by atoms with Crippen LogP contribution in [0.5, 0.6) is 0 Å². The summed E-state index contributed by atoms with van der Waals surface area (Å²) >= 11 is 0. The van der Waals surface area contributed by atoms with E-state index in [1.54, 1.807) is 13.8 Å². The molecule has 0 fully saturated rings. The minimum absolute atomic E-state index is 0.344. The van der Waals surface area contributed by atoms with Crippen molar-refractivity contribution in [3.8, 4) is 0 Å². The van der Waals surface area contributed by atoms with Gasteiger partial charge in [-0.1, -0.05) is 11.6 Å². The van der Waals surface area contributed by atoms with E-state index in [-0.39, 0.29) is 6.61 Å². The third-order valence-corrected chi connectivity index (χ3v) is 3.02. The molecule has 0 saturated carbocycles. The molecule has 2 atom stereocenters. The molecule has 14 heavy (non-hydrogen) atoms. The Morgan fingerprint density at radius 2 is 1.93 bits per heavy atom. The molecule has 0 amide bonds. The fourth-order valence-corrected chi connectivity index (χ4v) is 1.90. The molecule has 0 heterocycles. The van der Waals surface area contributed by atoms with Gasteiger partial charge in [0.15, 0.2) is 0 Å². The van der Waals surface area contributed by atoms with E-state index < -0.39 is 15.6 Å². The molecule has 0 bridgehead atoms. The van der Waals surface area contributed by atoms with Crippen molar-refractivity contribution in [1.82, 2.24) is 0 Å². The van der Waals surface area contributed by atoms with Gasteiger partial charge in [-0.25, -0.2) is 4.31 Å². The number of allylic oxidation sites excluding steroid dienone is 1. The maximum absolute atomic E-state index is 10.6. The summed E-state index contributed by atoms with van der Waals surface area (Å²) in [5.74, 6) is 0. The highest BCUT2D eigenvalue weighted by molar-refractivity contribution is 7.59. The third kappa shape index (κ3) is 8.59.